The van der Waals surface area contributed by atoms with E-state index in [1.807, 2.05) is 0 Å². The third kappa shape index (κ3) is 5.69. The lowest BCUT2D eigenvalue weighted by Crippen LogP contribution is -2.41. The van der Waals surface area contributed by atoms with Gasteiger partial charge in [-0.15, -0.1) is 0 Å². The number of aromatic hydroxyl groups is 1. The number of methoxy groups -OCH3 is 1. The second-order valence-electron chi connectivity index (χ2n) is 5.38. The van der Waals surface area contributed by atoms with Crippen molar-refractivity contribution in [1.82, 2.24) is 5.32 Å². The highest BCUT2D eigenvalue weighted by atomic mass is 16.5. The van der Waals surface area contributed by atoms with Gasteiger partial charge in [-0.1, -0.05) is 24.3 Å². The number of benzene rings is 2. The van der Waals surface area contributed by atoms with Gasteiger partial charge in [0.1, 0.15) is 17.5 Å². The van der Waals surface area contributed by atoms with Crippen molar-refractivity contribution in [2.45, 2.75) is 12.5 Å². The predicted molar refractivity (Wildman–Crippen MR) is 93.4 cm³/mol. The van der Waals surface area contributed by atoms with Gasteiger partial charge < -0.3 is 20.3 Å². The van der Waals surface area contributed by atoms with E-state index in [9.17, 15) is 19.8 Å². The number of rotatable bonds is 7. The van der Waals surface area contributed by atoms with E-state index in [1.165, 1.54) is 18.2 Å². The van der Waals surface area contributed by atoms with Crippen LogP contribution in [0.1, 0.15) is 11.1 Å². The molecule has 1 atom stereocenters. The summed E-state index contributed by atoms with van der Waals surface area (Å²) in [6, 6.07) is 12.2. The van der Waals surface area contributed by atoms with Gasteiger partial charge in [0, 0.05) is 12.5 Å². The Balaban J connectivity index is 1.98. The first kappa shape index (κ1) is 18.1. The fourth-order valence-corrected chi connectivity index (χ4v) is 2.17. The van der Waals surface area contributed by atoms with Crippen molar-refractivity contribution in [2.75, 3.05) is 7.11 Å². The zero-order chi connectivity index (χ0) is 18.2. The van der Waals surface area contributed by atoms with E-state index in [-0.39, 0.29) is 12.2 Å². The molecule has 0 fully saturated rings. The minimum atomic E-state index is -1.13. The molecule has 0 unspecified atom stereocenters. The van der Waals surface area contributed by atoms with E-state index in [0.29, 0.717) is 11.3 Å². The third-order valence-electron chi connectivity index (χ3n) is 3.53. The summed E-state index contributed by atoms with van der Waals surface area (Å²) in [4.78, 5) is 23.3. The fourth-order valence-electron chi connectivity index (χ4n) is 2.17. The van der Waals surface area contributed by atoms with Crippen molar-refractivity contribution in [3.63, 3.8) is 0 Å². The number of amides is 1. The first-order valence-corrected chi connectivity index (χ1v) is 7.61. The van der Waals surface area contributed by atoms with Crippen molar-refractivity contribution < 1.29 is 24.5 Å². The summed E-state index contributed by atoms with van der Waals surface area (Å²) in [6.07, 6.45) is 3.00. The van der Waals surface area contributed by atoms with Crippen LogP contribution in [0.2, 0.25) is 0 Å². The fraction of sp³-hybridized carbons (Fsp3) is 0.158. The van der Waals surface area contributed by atoms with Crippen molar-refractivity contribution in [3.8, 4) is 11.5 Å². The Labute approximate surface area is 145 Å². The Morgan fingerprint density at radius 2 is 1.76 bits per heavy atom. The van der Waals surface area contributed by atoms with Crippen LogP contribution in [-0.4, -0.2) is 35.2 Å². The summed E-state index contributed by atoms with van der Waals surface area (Å²) in [5.41, 5.74) is 1.49. The van der Waals surface area contributed by atoms with Crippen molar-refractivity contribution in [2.24, 2.45) is 0 Å². The predicted octanol–water partition coefficient (Wildman–Crippen LogP) is 2.23. The number of carbonyl (C=O) groups excluding carboxylic acids is 1. The van der Waals surface area contributed by atoms with Gasteiger partial charge in [0.05, 0.1) is 7.11 Å². The highest BCUT2D eigenvalue weighted by molar-refractivity contribution is 5.94. The van der Waals surface area contributed by atoms with Gasteiger partial charge in [-0.3, -0.25) is 4.79 Å². The molecule has 6 nitrogen and oxygen atoms in total. The quantitative estimate of drug-likeness (QED) is 0.671. The van der Waals surface area contributed by atoms with E-state index in [0.717, 1.165) is 5.56 Å². The number of phenols is 1. The maximum atomic E-state index is 12.0. The highest BCUT2D eigenvalue weighted by Crippen LogP contribution is 2.13. The lowest BCUT2D eigenvalue weighted by molar-refractivity contribution is -0.141. The normalized spacial score (nSPS) is 11.9. The maximum absolute atomic E-state index is 12.0. The number of carboxylic acid groups (broad SMARTS) is 1. The number of carbonyl (C=O) groups is 2. The molecule has 3 N–H and O–H groups in total. The van der Waals surface area contributed by atoms with Gasteiger partial charge in [-0.2, -0.15) is 0 Å². The molecule has 0 aliphatic heterocycles. The molecule has 0 saturated carbocycles. The largest absolute Gasteiger partial charge is 0.508 e. The number of ether oxygens (including phenoxy) is 1. The van der Waals surface area contributed by atoms with Gasteiger partial charge in [-0.25, -0.2) is 4.79 Å². The van der Waals surface area contributed by atoms with Crippen LogP contribution < -0.4 is 10.1 Å². The SMILES string of the molecule is COc1ccc(C=CC(=O)N[C@@H](Cc2ccc(O)cc2)C(=O)O)cc1. The van der Waals surface area contributed by atoms with Gasteiger partial charge >= 0.3 is 5.97 Å². The minimum absolute atomic E-state index is 0.0992. The van der Waals surface area contributed by atoms with Crippen LogP contribution >= 0.6 is 0 Å². The molecule has 2 aromatic carbocycles. The van der Waals surface area contributed by atoms with Crippen LogP contribution in [0.15, 0.2) is 54.6 Å². The Kier molecular flexibility index (Phi) is 6.17. The molecule has 0 aliphatic rings. The van der Waals surface area contributed by atoms with Crippen LogP contribution in [0.3, 0.4) is 0 Å². The minimum Gasteiger partial charge on any atom is -0.508 e. The number of nitrogens with one attached hydrogen (secondary N) is 1. The van der Waals surface area contributed by atoms with Gasteiger partial charge in [-0.05, 0) is 41.5 Å². The molecule has 0 heterocycles. The Morgan fingerprint density at radius 3 is 2.32 bits per heavy atom. The average Bonchev–Trinajstić information content (AvgIpc) is 2.61. The number of phenolic OH excluding ortho intramolecular Hbond substituents is 1. The maximum Gasteiger partial charge on any atom is 0.326 e. The summed E-state index contributed by atoms with van der Waals surface area (Å²) in [7, 11) is 1.57. The number of hydrogen-bond acceptors (Lipinski definition) is 4. The number of carboxylic acids is 1. The van der Waals surface area contributed by atoms with Gasteiger partial charge in [0.2, 0.25) is 5.91 Å². The molecule has 130 valence electrons. The summed E-state index contributed by atoms with van der Waals surface area (Å²) in [5, 5.41) is 21.0. The lowest BCUT2D eigenvalue weighted by Gasteiger charge is -2.13. The molecular weight excluding hydrogens is 322 g/mol. The second-order valence-corrected chi connectivity index (χ2v) is 5.38. The van der Waals surface area contributed by atoms with Gasteiger partial charge in [0.25, 0.3) is 0 Å². The second kappa shape index (κ2) is 8.54. The Hall–Kier alpha value is -3.28. The first-order valence-electron chi connectivity index (χ1n) is 7.61. The molecule has 6 heteroatoms. The van der Waals surface area contributed by atoms with E-state index in [1.54, 1.807) is 49.6 Å². The van der Waals surface area contributed by atoms with E-state index in [4.69, 9.17) is 4.74 Å². The summed E-state index contributed by atoms with van der Waals surface area (Å²) >= 11 is 0. The first-order chi connectivity index (χ1) is 12.0. The topological polar surface area (TPSA) is 95.9 Å². The molecule has 1 amide bonds. The molecule has 25 heavy (non-hydrogen) atoms. The van der Waals surface area contributed by atoms with E-state index >= 15 is 0 Å². The van der Waals surface area contributed by atoms with Crippen LogP contribution in [-0.2, 0) is 16.0 Å². The molecule has 0 aliphatic carbocycles. The highest BCUT2D eigenvalue weighted by Gasteiger charge is 2.19. The average molecular weight is 341 g/mol. The van der Waals surface area contributed by atoms with Crippen molar-refractivity contribution in [3.05, 3.63) is 65.7 Å². The molecule has 0 radical (unpaired) electrons. The molecule has 0 spiro atoms. The molecule has 0 aromatic heterocycles. The summed E-state index contributed by atoms with van der Waals surface area (Å²) in [5.74, 6) is -0.815. The lowest BCUT2D eigenvalue weighted by atomic mass is 10.1. The van der Waals surface area contributed by atoms with Crippen LogP contribution in [0.25, 0.3) is 6.08 Å². The summed E-state index contributed by atoms with van der Waals surface area (Å²) in [6.45, 7) is 0. The van der Waals surface area contributed by atoms with Crippen molar-refractivity contribution in [1.29, 1.82) is 0 Å². The number of aliphatic carboxylic acids is 1. The zero-order valence-electron chi connectivity index (χ0n) is 13.7. The van der Waals surface area contributed by atoms with Crippen LogP contribution in [0, 0.1) is 0 Å². The van der Waals surface area contributed by atoms with Crippen LogP contribution in [0.4, 0.5) is 0 Å². The van der Waals surface area contributed by atoms with Crippen LogP contribution in [0.5, 0.6) is 11.5 Å². The smallest absolute Gasteiger partial charge is 0.326 e. The monoisotopic (exact) mass is 341 g/mol. The van der Waals surface area contributed by atoms with E-state index < -0.39 is 17.9 Å². The third-order valence-corrected chi connectivity index (χ3v) is 3.53. The number of hydrogen-bond donors (Lipinski definition) is 3. The Morgan fingerprint density at radius 1 is 1.12 bits per heavy atom. The molecule has 0 saturated heterocycles. The summed E-state index contributed by atoms with van der Waals surface area (Å²) < 4.78 is 5.05. The van der Waals surface area contributed by atoms with E-state index in [2.05, 4.69) is 5.32 Å². The standard InChI is InChI=1S/C19H19NO5/c1-25-16-9-4-13(5-10-16)6-11-18(22)20-17(19(23)24)12-14-2-7-15(21)8-3-14/h2-11,17,21H,12H2,1H3,(H,20,22)(H,23,24)/t17-/m0/s1. The molecule has 0 bridgehead atoms. The van der Waals surface area contributed by atoms with Crippen molar-refractivity contribution >= 4 is 18.0 Å². The zero-order valence-corrected chi connectivity index (χ0v) is 13.7. The van der Waals surface area contributed by atoms with Gasteiger partial charge in [0.15, 0.2) is 0 Å². The molecule has 2 rings (SSSR count). The molecule has 2 aromatic rings. The molecular formula is C19H19NO5. The Bertz CT molecular complexity index is 750.